The van der Waals surface area contributed by atoms with E-state index in [4.69, 9.17) is 4.98 Å². The maximum Gasteiger partial charge on any atom is 0.263 e. The number of para-hydroxylation sites is 1. The molecular weight excluding hydrogens is 528 g/mol. The van der Waals surface area contributed by atoms with Crippen LogP contribution in [0.1, 0.15) is 54.4 Å². The van der Waals surface area contributed by atoms with E-state index < -0.39 is 0 Å². The molecule has 2 aliphatic rings. The molecule has 182 valence electrons. The first-order chi connectivity index (χ1) is 17.6. The van der Waals surface area contributed by atoms with Gasteiger partial charge in [0.05, 0.1) is 16.9 Å². The number of thioether (sulfide) groups is 1. The zero-order chi connectivity index (χ0) is 24.7. The Labute approximate surface area is 225 Å². The van der Waals surface area contributed by atoms with Gasteiger partial charge in [-0.05, 0) is 61.1 Å². The number of rotatable bonds is 4. The fourth-order valence-electron chi connectivity index (χ4n) is 6.04. The van der Waals surface area contributed by atoms with Crippen molar-refractivity contribution >= 4 is 27.7 Å². The third kappa shape index (κ3) is 4.16. The second kappa shape index (κ2) is 9.68. The molecular formula is C31H29BrN2OS. The number of aryl methyl sites for hydroxylation is 1. The highest BCUT2D eigenvalue weighted by Crippen LogP contribution is 2.49. The summed E-state index contributed by atoms with van der Waals surface area (Å²) >= 11 is 5.17. The van der Waals surface area contributed by atoms with E-state index in [0.717, 1.165) is 62.7 Å². The number of hydrogen-bond acceptors (Lipinski definition) is 3. The predicted octanol–water partition coefficient (Wildman–Crippen LogP) is 8.02. The molecule has 5 heteroatoms. The van der Waals surface area contributed by atoms with E-state index in [2.05, 4.69) is 83.5 Å². The van der Waals surface area contributed by atoms with Gasteiger partial charge in [-0.1, -0.05) is 102 Å². The van der Waals surface area contributed by atoms with Gasteiger partial charge in [0.1, 0.15) is 0 Å². The molecule has 0 atom stereocenters. The molecule has 1 fully saturated rings. The Morgan fingerprint density at radius 2 is 1.67 bits per heavy atom. The summed E-state index contributed by atoms with van der Waals surface area (Å²) in [6.45, 7) is 2.08. The van der Waals surface area contributed by atoms with Crippen molar-refractivity contribution < 1.29 is 0 Å². The minimum absolute atomic E-state index is 0.115. The van der Waals surface area contributed by atoms with Gasteiger partial charge in [-0.25, -0.2) is 4.98 Å². The molecule has 1 heterocycles. The number of fused-ring (bicyclic) bond motifs is 4. The van der Waals surface area contributed by atoms with Crippen LogP contribution >= 0.6 is 27.7 Å². The third-order valence-electron chi connectivity index (χ3n) is 7.83. The van der Waals surface area contributed by atoms with Gasteiger partial charge in [-0.3, -0.25) is 9.36 Å². The number of benzene rings is 3. The summed E-state index contributed by atoms with van der Waals surface area (Å²) < 4.78 is 2.97. The van der Waals surface area contributed by atoms with Crippen LogP contribution in [0.15, 0.2) is 87.2 Å². The van der Waals surface area contributed by atoms with Crippen molar-refractivity contribution in [3.8, 4) is 16.9 Å². The molecule has 3 nitrogen and oxygen atoms in total. The summed E-state index contributed by atoms with van der Waals surface area (Å²) in [6, 6.07) is 25.1. The molecule has 36 heavy (non-hydrogen) atoms. The largest absolute Gasteiger partial charge is 0.268 e. The summed E-state index contributed by atoms with van der Waals surface area (Å²) in [6.07, 6.45) is 6.65. The molecule has 0 aliphatic heterocycles. The van der Waals surface area contributed by atoms with Crippen molar-refractivity contribution in [3.05, 3.63) is 110 Å². The lowest BCUT2D eigenvalue weighted by Crippen LogP contribution is -2.43. The number of aromatic nitrogens is 2. The molecule has 6 rings (SSSR count). The molecule has 0 saturated heterocycles. The van der Waals surface area contributed by atoms with Gasteiger partial charge < -0.3 is 0 Å². The van der Waals surface area contributed by atoms with Crippen LogP contribution in [-0.4, -0.2) is 9.55 Å². The smallest absolute Gasteiger partial charge is 0.263 e. The molecule has 1 saturated carbocycles. The molecule has 1 spiro atoms. The Morgan fingerprint density at radius 1 is 0.944 bits per heavy atom. The second-order valence-electron chi connectivity index (χ2n) is 10.1. The molecule has 0 bridgehead atoms. The summed E-state index contributed by atoms with van der Waals surface area (Å²) in [5.74, 6) is 0.747. The maximum absolute atomic E-state index is 14.6. The quantitative estimate of drug-likeness (QED) is 0.188. The highest BCUT2D eigenvalue weighted by atomic mass is 79.9. The van der Waals surface area contributed by atoms with Gasteiger partial charge in [0, 0.05) is 21.2 Å². The lowest BCUT2D eigenvalue weighted by molar-refractivity contribution is 0.283. The number of nitrogens with zero attached hydrogens (tertiary/aromatic N) is 2. The molecule has 1 aromatic heterocycles. The van der Waals surface area contributed by atoms with Crippen LogP contribution in [0.2, 0.25) is 0 Å². The average molecular weight is 558 g/mol. The Hall–Kier alpha value is -2.63. The standard InChI is InChI=1S/C31H29BrN2OS/c1-21-9-3-6-12-26(21)34-29(35)27-28(33-30(34)36-20-22-13-15-24(32)16-14-22)25-11-5-4-10-23(25)19-31(27)17-7-2-8-18-31/h3-6,9-16H,2,7-8,17-20H2,1H3. The zero-order valence-corrected chi connectivity index (χ0v) is 22.9. The van der Waals surface area contributed by atoms with Crippen LogP contribution in [0.5, 0.6) is 0 Å². The van der Waals surface area contributed by atoms with Crippen LogP contribution in [0, 0.1) is 6.92 Å². The van der Waals surface area contributed by atoms with E-state index in [9.17, 15) is 4.79 Å². The first kappa shape index (κ1) is 23.7. The van der Waals surface area contributed by atoms with Crippen molar-refractivity contribution in [2.75, 3.05) is 0 Å². The van der Waals surface area contributed by atoms with Crippen LogP contribution in [0.4, 0.5) is 0 Å². The summed E-state index contributed by atoms with van der Waals surface area (Å²) in [7, 11) is 0. The van der Waals surface area contributed by atoms with E-state index in [-0.39, 0.29) is 11.0 Å². The van der Waals surface area contributed by atoms with Gasteiger partial charge in [-0.2, -0.15) is 0 Å². The lowest BCUT2D eigenvalue weighted by atomic mass is 9.62. The molecule has 3 aromatic carbocycles. The van der Waals surface area contributed by atoms with Crippen LogP contribution in [0.25, 0.3) is 16.9 Å². The van der Waals surface area contributed by atoms with E-state index >= 15 is 0 Å². The Balaban J connectivity index is 1.58. The normalized spacial score (nSPS) is 15.9. The first-order valence-corrected chi connectivity index (χ1v) is 14.5. The van der Waals surface area contributed by atoms with Crippen molar-refractivity contribution in [2.24, 2.45) is 0 Å². The minimum Gasteiger partial charge on any atom is -0.268 e. The SMILES string of the molecule is Cc1ccccc1-n1c(SCc2ccc(Br)cc2)nc2c(c1=O)C1(CCCCC1)Cc1ccccc1-2. The first-order valence-electron chi connectivity index (χ1n) is 12.7. The summed E-state index contributed by atoms with van der Waals surface area (Å²) in [4.78, 5) is 20.0. The molecule has 4 aromatic rings. The van der Waals surface area contributed by atoms with Gasteiger partial charge in [0.15, 0.2) is 5.16 Å². The van der Waals surface area contributed by atoms with E-state index in [1.165, 1.54) is 30.4 Å². The van der Waals surface area contributed by atoms with Crippen molar-refractivity contribution in [3.63, 3.8) is 0 Å². The summed E-state index contributed by atoms with van der Waals surface area (Å²) in [5, 5.41) is 0.763. The van der Waals surface area contributed by atoms with Crippen molar-refractivity contribution in [2.45, 2.75) is 61.8 Å². The van der Waals surface area contributed by atoms with Crippen LogP contribution in [0.3, 0.4) is 0 Å². The van der Waals surface area contributed by atoms with E-state index in [1.807, 2.05) is 16.7 Å². The Bertz CT molecular complexity index is 1490. The topological polar surface area (TPSA) is 34.9 Å². The fraction of sp³-hybridized carbons (Fsp3) is 0.290. The number of halogens is 1. The van der Waals surface area contributed by atoms with Crippen LogP contribution < -0.4 is 5.56 Å². The Morgan fingerprint density at radius 3 is 2.44 bits per heavy atom. The van der Waals surface area contributed by atoms with Gasteiger partial charge >= 0.3 is 0 Å². The molecule has 0 radical (unpaired) electrons. The molecule has 2 aliphatic carbocycles. The van der Waals surface area contributed by atoms with E-state index in [0.29, 0.717) is 0 Å². The second-order valence-corrected chi connectivity index (χ2v) is 12.0. The maximum atomic E-state index is 14.6. The Kier molecular flexibility index (Phi) is 6.38. The summed E-state index contributed by atoms with van der Waals surface area (Å²) in [5.41, 5.74) is 7.52. The minimum atomic E-state index is -0.120. The molecule has 0 amide bonds. The highest BCUT2D eigenvalue weighted by Gasteiger charge is 2.43. The van der Waals surface area contributed by atoms with Crippen LogP contribution in [-0.2, 0) is 17.6 Å². The zero-order valence-electron chi connectivity index (χ0n) is 20.5. The fourth-order valence-corrected chi connectivity index (χ4v) is 7.26. The number of hydrogen-bond donors (Lipinski definition) is 0. The van der Waals surface area contributed by atoms with Gasteiger partial charge in [-0.15, -0.1) is 0 Å². The third-order valence-corrected chi connectivity index (χ3v) is 9.37. The van der Waals surface area contributed by atoms with Gasteiger partial charge in [0.25, 0.3) is 5.56 Å². The molecule has 0 unspecified atom stereocenters. The van der Waals surface area contributed by atoms with Crippen molar-refractivity contribution in [1.29, 1.82) is 0 Å². The average Bonchev–Trinajstić information content (AvgIpc) is 2.89. The van der Waals surface area contributed by atoms with Crippen molar-refractivity contribution in [1.82, 2.24) is 9.55 Å². The van der Waals surface area contributed by atoms with E-state index in [1.54, 1.807) is 11.8 Å². The molecule has 0 N–H and O–H groups in total. The monoisotopic (exact) mass is 556 g/mol. The highest BCUT2D eigenvalue weighted by molar-refractivity contribution is 9.10. The predicted molar refractivity (Wildman–Crippen MR) is 152 cm³/mol. The van der Waals surface area contributed by atoms with Gasteiger partial charge in [0.2, 0.25) is 0 Å². The lowest BCUT2D eigenvalue weighted by Gasteiger charge is -2.42.